The maximum Gasteiger partial charge on any atom is 0.186 e. The van der Waals surface area contributed by atoms with Gasteiger partial charge in [0.05, 0.1) is 5.88 Å². The van der Waals surface area contributed by atoms with Gasteiger partial charge < -0.3 is 24.8 Å². The highest BCUT2D eigenvalue weighted by Gasteiger charge is 2.43. The maximum atomic E-state index is 9.35. The van der Waals surface area contributed by atoms with E-state index in [0.717, 1.165) is 0 Å². The molecule has 1 aliphatic heterocycles. The van der Waals surface area contributed by atoms with E-state index in [4.69, 9.17) is 21.1 Å². The van der Waals surface area contributed by atoms with Crippen LogP contribution in [0, 0.1) is 0 Å². The summed E-state index contributed by atoms with van der Waals surface area (Å²) >= 11 is 5.48. The van der Waals surface area contributed by atoms with Crippen molar-refractivity contribution in [2.45, 2.75) is 30.7 Å². The molecule has 0 aliphatic carbocycles. The molecule has 6 heteroatoms. The van der Waals surface area contributed by atoms with Gasteiger partial charge in [-0.2, -0.15) is 0 Å². The second-order valence-electron chi connectivity index (χ2n) is 2.90. The molecule has 1 rings (SSSR count). The molecule has 1 aliphatic rings. The van der Waals surface area contributed by atoms with Gasteiger partial charge in [0.1, 0.15) is 24.4 Å². The van der Waals surface area contributed by atoms with Crippen molar-refractivity contribution < 1.29 is 24.8 Å². The van der Waals surface area contributed by atoms with Crippen LogP contribution >= 0.6 is 11.6 Å². The molecular formula is C7H13ClO5. The average Bonchev–Trinajstić information content (AvgIpc) is 2.15. The van der Waals surface area contributed by atoms with Crippen LogP contribution in [0.15, 0.2) is 0 Å². The molecule has 0 aromatic heterocycles. The molecule has 78 valence electrons. The van der Waals surface area contributed by atoms with E-state index < -0.39 is 30.7 Å². The van der Waals surface area contributed by atoms with Crippen molar-refractivity contribution in [1.29, 1.82) is 0 Å². The Bertz CT molecular complexity index is 147. The zero-order valence-electron chi connectivity index (χ0n) is 7.13. The van der Waals surface area contributed by atoms with Crippen molar-refractivity contribution in [1.82, 2.24) is 0 Å². The number of aliphatic hydroxyl groups excluding tert-OH is 3. The number of methoxy groups -OCH3 is 1. The fourth-order valence-corrected chi connectivity index (χ4v) is 1.49. The lowest BCUT2D eigenvalue weighted by atomic mass is 10.00. The van der Waals surface area contributed by atoms with E-state index in [-0.39, 0.29) is 5.88 Å². The number of aliphatic hydroxyl groups is 3. The minimum Gasteiger partial charge on any atom is -0.388 e. The molecule has 1 saturated heterocycles. The molecule has 13 heavy (non-hydrogen) atoms. The van der Waals surface area contributed by atoms with E-state index in [1.165, 1.54) is 7.11 Å². The molecule has 1 heterocycles. The Morgan fingerprint density at radius 2 is 1.85 bits per heavy atom. The van der Waals surface area contributed by atoms with Crippen LogP contribution in [-0.4, -0.2) is 59.0 Å². The Hall–Kier alpha value is 0.0900. The van der Waals surface area contributed by atoms with Gasteiger partial charge in [-0.1, -0.05) is 0 Å². The number of hydrogen-bond acceptors (Lipinski definition) is 5. The van der Waals surface area contributed by atoms with Gasteiger partial charge in [0.25, 0.3) is 0 Å². The summed E-state index contributed by atoms with van der Waals surface area (Å²) in [6, 6.07) is 0. The third kappa shape index (κ3) is 2.12. The number of ether oxygens (including phenoxy) is 2. The normalized spacial score (nSPS) is 46.4. The third-order valence-electron chi connectivity index (χ3n) is 2.05. The topological polar surface area (TPSA) is 79.2 Å². The predicted octanol–water partition coefficient (Wildman–Crippen LogP) is -1.32. The third-order valence-corrected chi connectivity index (χ3v) is 2.36. The molecule has 3 N–H and O–H groups in total. The first-order valence-corrected chi connectivity index (χ1v) is 4.43. The van der Waals surface area contributed by atoms with E-state index in [9.17, 15) is 15.3 Å². The van der Waals surface area contributed by atoms with E-state index in [2.05, 4.69) is 0 Å². The van der Waals surface area contributed by atoms with Crippen LogP contribution in [0.3, 0.4) is 0 Å². The van der Waals surface area contributed by atoms with Gasteiger partial charge in [0.2, 0.25) is 0 Å². The largest absolute Gasteiger partial charge is 0.388 e. The molecule has 0 amide bonds. The number of hydrogen-bond donors (Lipinski definition) is 3. The second kappa shape index (κ2) is 4.54. The molecule has 0 aromatic carbocycles. The van der Waals surface area contributed by atoms with Gasteiger partial charge >= 0.3 is 0 Å². The predicted molar refractivity (Wildman–Crippen MR) is 44.4 cm³/mol. The molecule has 5 nitrogen and oxygen atoms in total. The standard InChI is InChI=1S/C7H13ClO5/c1-12-7-6(11)5(10)4(9)3(2-8)13-7/h3-7,9-11H,2H2,1H3/t3?,4-,5+,6?,7+/m1/s1. The number of alkyl halides is 1. The van der Waals surface area contributed by atoms with Crippen LogP contribution < -0.4 is 0 Å². The fourth-order valence-electron chi connectivity index (χ4n) is 1.24. The minimum atomic E-state index is -1.29. The Morgan fingerprint density at radius 1 is 1.23 bits per heavy atom. The SMILES string of the molecule is CO[C@H]1OC(CCl)[C@@H](O)[C@H](O)C1O. The maximum absolute atomic E-state index is 9.35. The summed E-state index contributed by atoms with van der Waals surface area (Å²) in [6.07, 6.45) is -5.38. The first kappa shape index (κ1) is 11.2. The van der Waals surface area contributed by atoms with Crippen LogP contribution in [0.5, 0.6) is 0 Å². The number of rotatable bonds is 2. The zero-order valence-corrected chi connectivity index (χ0v) is 7.89. The molecule has 0 radical (unpaired) electrons. The van der Waals surface area contributed by atoms with Crippen LogP contribution in [0.4, 0.5) is 0 Å². The van der Waals surface area contributed by atoms with E-state index in [1.54, 1.807) is 0 Å². The molecular weight excluding hydrogens is 200 g/mol. The Balaban J connectivity index is 2.66. The molecule has 0 bridgehead atoms. The summed E-state index contributed by atoms with van der Waals surface area (Å²) in [5.74, 6) is 0.0325. The highest BCUT2D eigenvalue weighted by atomic mass is 35.5. The summed E-state index contributed by atoms with van der Waals surface area (Å²) in [4.78, 5) is 0. The second-order valence-corrected chi connectivity index (χ2v) is 3.21. The van der Waals surface area contributed by atoms with Gasteiger partial charge in [-0.25, -0.2) is 0 Å². The Kier molecular flexibility index (Phi) is 3.90. The molecule has 5 atom stereocenters. The van der Waals surface area contributed by atoms with Crippen molar-refractivity contribution in [3.63, 3.8) is 0 Å². The lowest BCUT2D eigenvalue weighted by molar-refractivity contribution is -0.285. The Morgan fingerprint density at radius 3 is 2.31 bits per heavy atom. The first-order chi connectivity index (χ1) is 6.11. The minimum absolute atomic E-state index is 0.0325. The first-order valence-electron chi connectivity index (χ1n) is 3.90. The summed E-state index contributed by atoms with van der Waals surface area (Å²) in [5.41, 5.74) is 0. The highest BCUT2D eigenvalue weighted by molar-refractivity contribution is 6.18. The fraction of sp³-hybridized carbons (Fsp3) is 1.00. The quantitative estimate of drug-likeness (QED) is 0.495. The molecule has 2 unspecified atom stereocenters. The molecule has 0 spiro atoms. The van der Waals surface area contributed by atoms with Crippen LogP contribution in [0.25, 0.3) is 0 Å². The molecule has 0 aromatic rings. The van der Waals surface area contributed by atoms with Crippen molar-refractivity contribution >= 4 is 11.6 Å². The van der Waals surface area contributed by atoms with Crippen molar-refractivity contribution in [3.8, 4) is 0 Å². The van der Waals surface area contributed by atoms with Gasteiger partial charge in [0, 0.05) is 7.11 Å². The van der Waals surface area contributed by atoms with Crippen LogP contribution in [-0.2, 0) is 9.47 Å². The van der Waals surface area contributed by atoms with Gasteiger partial charge in [-0.3, -0.25) is 0 Å². The van der Waals surface area contributed by atoms with Crippen molar-refractivity contribution in [2.75, 3.05) is 13.0 Å². The smallest absolute Gasteiger partial charge is 0.186 e. The van der Waals surface area contributed by atoms with Gasteiger partial charge in [-0.05, 0) is 0 Å². The zero-order chi connectivity index (χ0) is 10.0. The number of halogens is 1. The van der Waals surface area contributed by atoms with Crippen LogP contribution in [0.1, 0.15) is 0 Å². The van der Waals surface area contributed by atoms with Crippen molar-refractivity contribution in [3.05, 3.63) is 0 Å². The van der Waals surface area contributed by atoms with Crippen LogP contribution in [0.2, 0.25) is 0 Å². The summed E-state index contributed by atoms with van der Waals surface area (Å²) < 4.78 is 9.82. The van der Waals surface area contributed by atoms with E-state index in [0.29, 0.717) is 0 Å². The summed E-state index contributed by atoms with van der Waals surface area (Å²) in [7, 11) is 1.34. The lowest BCUT2D eigenvalue weighted by Crippen LogP contribution is -2.58. The average molecular weight is 213 g/mol. The molecule has 1 fully saturated rings. The Labute approximate surface area is 80.8 Å². The van der Waals surface area contributed by atoms with E-state index in [1.807, 2.05) is 0 Å². The lowest BCUT2D eigenvalue weighted by Gasteiger charge is -2.38. The molecule has 0 saturated carbocycles. The van der Waals surface area contributed by atoms with E-state index >= 15 is 0 Å². The highest BCUT2D eigenvalue weighted by Crippen LogP contribution is 2.22. The summed E-state index contributed by atoms with van der Waals surface area (Å²) in [5, 5.41) is 28.0. The summed E-state index contributed by atoms with van der Waals surface area (Å²) in [6.45, 7) is 0. The van der Waals surface area contributed by atoms with Gasteiger partial charge in [-0.15, -0.1) is 11.6 Å². The monoisotopic (exact) mass is 212 g/mol. The van der Waals surface area contributed by atoms with Gasteiger partial charge in [0.15, 0.2) is 6.29 Å². The van der Waals surface area contributed by atoms with Crippen molar-refractivity contribution in [2.24, 2.45) is 0 Å².